The molecule has 1 fully saturated rings. The molecule has 7 heteroatoms. The first kappa shape index (κ1) is 21.5. The zero-order chi connectivity index (χ0) is 21.5. The maximum atomic E-state index is 12.3. The minimum atomic E-state index is -0.657. The van der Waals surface area contributed by atoms with Crippen molar-refractivity contribution in [3.05, 3.63) is 48.0 Å². The first-order chi connectivity index (χ1) is 14.5. The second kappa shape index (κ2) is 10.0. The molecule has 2 aromatic carbocycles. The standard InChI is InChI=1S/C23H28N2O5/c1-16-11-13-25(14-12-16)18-9-7-17(8-10-18)24-21(26)15-30-23(27)19-5-4-6-20(28-2)22(19)29-3/h4-10,16H,11-15H2,1-3H3,(H,24,26). The highest BCUT2D eigenvalue weighted by Gasteiger charge is 2.19. The van der Waals surface area contributed by atoms with Crippen LogP contribution in [0.25, 0.3) is 0 Å². The molecule has 3 rings (SSSR count). The van der Waals surface area contributed by atoms with Crippen molar-refractivity contribution in [3.63, 3.8) is 0 Å². The van der Waals surface area contributed by atoms with Gasteiger partial charge in [-0.05, 0) is 55.2 Å². The Morgan fingerprint density at radius 2 is 1.73 bits per heavy atom. The van der Waals surface area contributed by atoms with Gasteiger partial charge in [-0.15, -0.1) is 0 Å². The summed E-state index contributed by atoms with van der Waals surface area (Å²) in [5.41, 5.74) is 2.01. The molecule has 0 atom stereocenters. The number of piperidine rings is 1. The van der Waals surface area contributed by atoms with E-state index in [1.165, 1.54) is 27.1 Å². The van der Waals surface area contributed by atoms with Crippen LogP contribution >= 0.6 is 0 Å². The van der Waals surface area contributed by atoms with Gasteiger partial charge in [-0.25, -0.2) is 4.79 Å². The molecular formula is C23H28N2O5. The number of hydrogen-bond acceptors (Lipinski definition) is 6. The van der Waals surface area contributed by atoms with Gasteiger partial charge in [0.25, 0.3) is 5.91 Å². The van der Waals surface area contributed by atoms with E-state index in [9.17, 15) is 9.59 Å². The number of carbonyl (C=O) groups excluding carboxylic acids is 2. The van der Waals surface area contributed by atoms with Crippen molar-refractivity contribution >= 4 is 23.3 Å². The monoisotopic (exact) mass is 412 g/mol. The number of carbonyl (C=O) groups is 2. The van der Waals surface area contributed by atoms with E-state index >= 15 is 0 Å². The normalized spacial score (nSPS) is 14.2. The Labute approximate surface area is 176 Å². The van der Waals surface area contributed by atoms with Gasteiger partial charge >= 0.3 is 5.97 Å². The predicted molar refractivity (Wildman–Crippen MR) is 116 cm³/mol. The highest BCUT2D eigenvalue weighted by atomic mass is 16.5. The minimum absolute atomic E-state index is 0.199. The third kappa shape index (κ3) is 5.23. The summed E-state index contributed by atoms with van der Waals surface area (Å²) >= 11 is 0. The van der Waals surface area contributed by atoms with Crippen LogP contribution in [0.3, 0.4) is 0 Å². The molecule has 1 saturated heterocycles. The Kier molecular flexibility index (Phi) is 7.17. The molecule has 1 heterocycles. The van der Waals surface area contributed by atoms with E-state index in [1.807, 2.05) is 24.3 Å². The number of hydrogen-bond donors (Lipinski definition) is 1. The first-order valence-electron chi connectivity index (χ1n) is 10.0. The second-order valence-electron chi connectivity index (χ2n) is 7.38. The number of nitrogens with one attached hydrogen (secondary N) is 1. The number of nitrogens with zero attached hydrogens (tertiary/aromatic N) is 1. The van der Waals surface area contributed by atoms with E-state index in [0.717, 1.165) is 24.7 Å². The fourth-order valence-electron chi connectivity index (χ4n) is 3.48. The smallest absolute Gasteiger partial charge is 0.342 e. The van der Waals surface area contributed by atoms with E-state index in [4.69, 9.17) is 14.2 Å². The average Bonchev–Trinajstić information content (AvgIpc) is 2.78. The molecule has 0 spiro atoms. The molecule has 1 amide bonds. The van der Waals surface area contributed by atoms with Crippen LogP contribution in [0.5, 0.6) is 11.5 Å². The summed E-state index contributed by atoms with van der Waals surface area (Å²) < 4.78 is 15.5. The quantitative estimate of drug-likeness (QED) is 0.698. The molecule has 30 heavy (non-hydrogen) atoms. The first-order valence-corrected chi connectivity index (χ1v) is 10.0. The fraction of sp³-hybridized carbons (Fsp3) is 0.391. The van der Waals surface area contributed by atoms with Crippen LogP contribution in [0.4, 0.5) is 11.4 Å². The lowest BCUT2D eigenvalue weighted by atomic mass is 9.99. The summed E-state index contributed by atoms with van der Waals surface area (Å²) in [4.78, 5) is 26.9. The lowest BCUT2D eigenvalue weighted by molar-refractivity contribution is -0.119. The Hall–Kier alpha value is -3.22. The molecule has 1 aliphatic rings. The summed E-state index contributed by atoms with van der Waals surface area (Å²) in [5.74, 6) is 0.396. The largest absolute Gasteiger partial charge is 0.493 e. The van der Waals surface area contributed by atoms with Gasteiger partial charge in [-0.1, -0.05) is 13.0 Å². The summed E-state index contributed by atoms with van der Waals surface area (Å²) in [6.07, 6.45) is 2.39. The van der Waals surface area contributed by atoms with Crippen molar-refractivity contribution < 1.29 is 23.8 Å². The van der Waals surface area contributed by atoms with Gasteiger partial charge < -0.3 is 24.4 Å². The molecule has 2 aromatic rings. The third-order valence-electron chi connectivity index (χ3n) is 5.26. The van der Waals surface area contributed by atoms with Crippen LogP contribution < -0.4 is 19.7 Å². The topological polar surface area (TPSA) is 77.1 Å². The number of para-hydroxylation sites is 1. The average molecular weight is 412 g/mol. The zero-order valence-electron chi connectivity index (χ0n) is 17.6. The van der Waals surface area contributed by atoms with Crippen molar-refractivity contribution in [2.24, 2.45) is 5.92 Å². The predicted octanol–water partition coefficient (Wildman–Crippen LogP) is 3.74. The summed E-state index contributed by atoms with van der Waals surface area (Å²) in [7, 11) is 2.92. The van der Waals surface area contributed by atoms with Gasteiger partial charge in [0.2, 0.25) is 0 Å². The number of rotatable bonds is 7. The molecule has 1 N–H and O–H groups in total. The fourth-order valence-corrected chi connectivity index (χ4v) is 3.48. The third-order valence-corrected chi connectivity index (χ3v) is 5.26. The van der Waals surface area contributed by atoms with Gasteiger partial charge in [-0.3, -0.25) is 4.79 Å². The molecule has 160 valence electrons. The number of methoxy groups -OCH3 is 2. The van der Waals surface area contributed by atoms with Crippen LogP contribution in [0.15, 0.2) is 42.5 Å². The maximum Gasteiger partial charge on any atom is 0.342 e. The highest BCUT2D eigenvalue weighted by molar-refractivity contribution is 5.97. The van der Waals surface area contributed by atoms with E-state index in [2.05, 4.69) is 17.1 Å². The Morgan fingerprint density at radius 1 is 1.03 bits per heavy atom. The Balaban J connectivity index is 1.53. The van der Waals surface area contributed by atoms with Crippen molar-refractivity contribution in [2.45, 2.75) is 19.8 Å². The molecular weight excluding hydrogens is 384 g/mol. The number of amides is 1. The van der Waals surface area contributed by atoms with Crippen LogP contribution in [0, 0.1) is 5.92 Å². The molecule has 0 unspecified atom stereocenters. The molecule has 1 aliphatic heterocycles. The number of benzene rings is 2. The van der Waals surface area contributed by atoms with Crippen molar-refractivity contribution in [1.82, 2.24) is 0 Å². The number of esters is 1. The zero-order valence-corrected chi connectivity index (χ0v) is 17.6. The second-order valence-corrected chi connectivity index (χ2v) is 7.38. The number of anilines is 2. The molecule has 0 bridgehead atoms. The van der Waals surface area contributed by atoms with Crippen LogP contribution in [0.1, 0.15) is 30.1 Å². The molecule has 0 aliphatic carbocycles. The summed E-state index contributed by atoms with van der Waals surface area (Å²) in [5, 5.41) is 2.75. The van der Waals surface area contributed by atoms with Gasteiger partial charge in [0.15, 0.2) is 18.1 Å². The highest BCUT2D eigenvalue weighted by Crippen LogP contribution is 2.31. The molecule has 7 nitrogen and oxygen atoms in total. The van der Waals surface area contributed by atoms with Crippen molar-refractivity contribution in [3.8, 4) is 11.5 Å². The van der Waals surface area contributed by atoms with E-state index in [-0.39, 0.29) is 11.3 Å². The van der Waals surface area contributed by atoms with Gasteiger partial charge in [0.05, 0.1) is 14.2 Å². The maximum absolute atomic E-state index is 12.3. The van der Waals surface area contributed by atoms with Crippen LogP contribution in [-0.2, 0) is 9.53 Å². The number of ether oxygens (including phenoxy) is 3. The van der Waals surface area contributed by atoms with Gasteiger partial charge in [0.1, 0.15) is 5.56 Å². The van der Waals surface area contributed by atoms with E-state index in [1.54, 1.807) is 18.2 Å². The lowest BCUT2D eigenvalue weighted by Gasteiger charge is -2.32. The summed E-state index contributed by atoms with van der Waals surface area (Å²) in [6, 6.07) is 12.6. The van der Waals surface area contributed by atoms with Crippen molar-refractivity contribution in [1.29, 1.82) is 0 Å². The molecule has 0 saturated carbocycles. The lowest BCUT2D eigenvalue weighted by Crippen LogP contribution is -2.32. The van der Waals surface area contributed by atoms with Crippen LogP contribution in [0.2, 0.25) is 0 Å². The van der Waals surface area contributed by atoms with Crippen LogP contribution in [-0.4, -0.2) is 45.8 Å². The van der Waals surface area contributed by atoms with E-state index < -0.39 is 18.5 Å². The Bertz CT molecular complexity index is 874. The van der Waals surface area contributed by atoms with E-state index in [0.29, 0.717) is 11.4 Å². The van der Waals surface area contributed by atoms with Gasteiger partial charge in [-0.2, -0.15) is 0 Å². The molecule has 0 aromatic heterocycles. The SMILES string of the molecule is COc1cccc(C(=O)OCC(=O)Nc2ccc(N3CCC(C)CC3)cc2)c1OC. The van der Waals surface area contributed by atoms with Gasteiger partial charge in [0, 0.05) is 24.5 Å². The Morgan fingerprint density at radius 3 is 2.37 bits per heavy atom. The molecule has 0 radical (unpaired) electrons. The minimum Gasteiger partial charge on any atom is -0.493 e. The summed E-state index contributed by atoms with van der Waals surface area (Å²) in [6.45, 7) is 3.99. The van der Waals surface area contributed by atoms with Crippen molar-refractivity contribution in [2.75, 3.05) is 44.1 Å².